The molecule has 0 heterocycles. The van der Waals surface area contributed by atoms with Crippen molar-refractivity contribution in [3.8, 4) is 5.75 Å². The average molecular weight is 443 g/mol. The minimum atomic E-state index is -0.801. The predicted octanol–water partition coefficient (Wildman–Crippen LogP) is 7.60. The molecule has 32 heavy (non-hydrogen) atoms. The molecule has 4 rings (SSSR count). The summed E-state index contributed by atoms with van der Waals surface area (Å²) >= 11 is 0. The molecule has 2 aliphatic rings. The maximum Gasteiger partial charge on any atom is 0.162 e. The summed E-state index contributed by atoms with van der Waals surface area (Å²) < 4.78 is 49.9. The van der Waals surface area contributed by atoms with Crippen LogP contribution in [0.15, 0.2) is 60.2 Å². The highest BCUT2D eigenvalue weighted by Gasteiger charge is 2.35. The zero-order chi connectivity index (χ0) is 22.7. The van der Waals surface area contributed by atoms with Crippen molar-refractivity contribution >= 4 is 5.57 Å². The molecule has 0 aromatic heterocycles. The van der Waals surface area contributed by atoms with E-state index in [0.717, 1.165) is 31.2 Å². The second kappa shape index (κ2) is 9.95. The van der Waals surface area contributed by atoms with Crippen molar-refractivity contribution in [3.05, 3.63) is 82.7 Å². The Morgan fingerprint density at radius 3 is 2.34 bits per heavy atom. The number of aromatic hydroxyl groups is 1. The van der Waals surface area contributed by atoms with Gasteiger partial charge in [-0.3, -0.25) is 0 Å². The number of benzene rings is 2. The van der Waals surface area contributed by atoms with Gasteiger partial charge in [0.1, 0.15) is 17.4 Å². The average Bonchev–Trinajstić information content (AvgIpc) is 2.80. The molecule has 5 heteroatoms. The molecule has 2 aromatic carbocycles. The zero-order valence-corrected chi connectivity index (χ0v) is 18.3. The number of halogens is 3. The van der Waals surface area contributed by atoms with E-state index in [1.54, 1.807) is 24.3 Å². The van der Waals surface area contributed by atoms with Gasteiger partial charge in [0.15, 0.2) is 5.83 Å². The van der Waals surface area contributed by atoms with Crippen LogP contribution < -0.4 is 0 Å². The maximum absolute atomic E-state index is 15.0. The minimum absolute atomic E-state index is 0.0508. The van der Waals surface area contributed by atoms with Crippen LogP contribution in [0.4, 0.5) is 13.2 Å². The second-order valence-corrected chi connectivity index (χ2v) is 8.77. The summed E-state index contributed by atoms with van der Waals surface area (Å²) in [4.78, 5) is 0. The number of phenolic OH excluding ortho intramolecular Hbond substituents is 1. The van der Waals surface area contributed by atoms with Gasteiger partial charge >= 0.3 is 0 Å². The molecule has 0 spiro atoms. The molecule has 2 aliphatic carbocycles. The van der Waals surface area contributed by atoms with E-state index in [0.29, 0.717) is 30.8 Å². The van der Waals surface area contributed by atoms with Crippen LogP contribution in [-0.4, -0.2) is 11.7 Å². The van der Waals surface area contributed by atoms with E-state index >= 15 is 4.39 Å². The van der Waals surface area contributed by atoms with Crippen LogP contribution >= 0.6 is 0 Å². The van der Waals surface area contributed by atoms with Crippen LogP contribution in [0.5, 0.6) is 5.75 Å². The van der Waals surface area contributed by atoms with Crippen LogP contribution in [-0.2, 0) is 11.3 Å². The fourth-order valence-electron chi connectivity index (χ4n) is 5.06. The summed E-state index contributed by atoms with van der Waals surface area (Å²) in [7, 11) is 0. The fourth-order valence-corrected chi connectivity index (χ4v) is 5.06. The lowest BCUT2D eigenvalue weighted by Crippen LogP contribution is -2.23. The highest BCUT2D eigenvalue weighted by molar-refractivity contribution is 5.78. The third-order valence-corrected chi connectivity index (χ3v) is 6.84. The number of phenols is 1. The van der Waals surface area contributed by atoms with Crippen LogP contribution in [0.2, 0.25) is 0 Å². The van der Waals surface area contributed by atoms with Crippen molar-refractivity contribution in [3.63, 3.8) is 0 Å². The normalized spacial score (nSPS) is 23.9. The largest absolute Gasteiger partial charge is 0.508 e. The van der Waals surface area contributed by atoms with Crippen molar-refractivity contribution in [1.82, 2.24) is 0 Å². The SMILES string of the molecule is CCOCc1ccc(C2CCC(C3CC=C(c4ccc(O)cc4)C(F)=C3F)CC2)c(F)c1. The first-order chi connectivity index (χ1) is 15.5. The van der Waals surface area contributed by atoms with E-state index in [2.05, 4.69) is 0 Å². The Balaban J connectivity index is 1.40. The molecule has 1 N–H and O–H groups in total. The quantitative estimate of drug-likeness (QED) is 0.499. The Morgan fingerprint density at radius 2 is 1.69 bits per heavy atom. The van der Waals surface area contributed by atoms with Crippen LogP contribution in [0.1, 0.15) is 61.6 Å². The lowest BCUT2D eigenvalue weighted by molar-refractivity contribution is 0.134. The molecular formula is C27H29F3O2. The highest BCUT2D eigenvalue weighted by Crippen LogP contribution is 2.47. The van der Waals surface area contributed by atoms with Crippen molar-refractivity contribution in [2.45, 2.75) is 51.6 Å². The molecule has 1 fully saturated rings. The molecule has 0 aliphatic heterocycles. The number of hydrogen-bond acceptors (Lipinski definition) is 2. The maximum atomic E-state index is 15.0. The summed E-state index contributed by atoms with van der Waals surface area (Å²) in [5.41, 5.74) is 2.34. The number of ether oxygens (including phenoxy) is 1. The van der Waals surface area contributed by atoms with E-state index < -0.39 is 17.6 Å². The van der Waals surface area contributed by atoms with Gasteiger partial charge in [-0.1, -0.05) is 30.3 Å². The minimum Gasteiger partial charge on any atom is -0.508 e. The topological polar surface area (TPSA) is 29.5 Å². The van der Waals surface area contributed by atoms with Gasteiger partial charge < -0.3 is 9.84 Å². The van der Waals surface area contributed by atoms with Crippen LogP contribution in [0.3, 0.4) is 0 Å². The van der Waals surface area contributed by atoms with E-state index in [4.69, 9.17) is 4.74 Å². The van der Waals surface area contributed by atoms with Crippen molar-refractivity contribution in [1.29, 1.82) is 0 Å². The zero-order valence-electron chi connectivity index (χ0n) is 18.3. The molecule has 0 bridgehead atoms. The Morgan fingerprint density at radius 1 is 0.969 bits per heavy atom. The van der Waals surface area contributed by atoms with Crippen LogP contribution in [0, 0.1) is 17.7 Å². The van der Waals surface area contributed by atoms with Gasteiger partial charge in [0.05, 0.1) is 6.61 Å². The first-order valence-electron chi connectivity index (χ1n) is 11.4. The van der Waals surface area contributed by atoms with E-state index in [9.17, 15) is 13.9 Å². The summed E-state index contributed by atoms with van der Waals surface area (Å²) in [5, 5.41) is 9.43. The molecule has 0 saturated heterocycles. The molecule has 2 aromatic rings. The molecule has 0 radical (unpaired) electrons. The van der Waals surface area contributed by atoms with Crippen molar-refractivity contribution in [2.24, 2.45) is 11.8 Å². The molecule has 1 atom stereocenters. The summed E-state index contributed by atoms with van der Waals surface area (Å²) in [6.07, 6.45) is 5.25. The van der Waals surface area contributed by atoms with Crippen molar-refractivity contribution < 1.29 is 23.0 Å². The standard InChI is InChI=1S/C27H29F3O2/c1-2-32-16-17-3-12-22(25(28)15-17)18-4-6-19(7-5-18)23-13-14-24(27(30)26(23)29)20-8-10-21(31)11-9-20/h3,8-12,14-15,18-19,23,31H,2,4-7,13,16H2,1H3. The first-order valence-corrected chi connectivity index (χ1v) is 11.4. The predicted molar refractivity (Wildman–Crippen MR) is 120 cm³/mol. The van der Waals surface area contributed by atoms with Gasteiger partial charge in [-0.2, -0.15) is 0 Å². The number of rotatable bonds is 6. The van der Waals surface area contributed by atoms with E-state index in [1.807, 2.05) is 19.1 Å². The summed E-state index contributed by atoms with van der Waals surface area (Å²) in [6.45, 7) is 2.90. The smallest absolute Gasteiger partial charge is 0.162 e. The molecular weight excluding hydrogens is 413 g/mol. The van der Waals surface area contributed by atoms with E-state index in [-0.39, 0.29) is 29.0 Å². The third-order valence-electron chi connectivity index (χ3n) is 6.84. The molecule has 2 nitrogen and oxygen atoms in total. The van der Waals surface area contributed by atoms with Gasteiger partial charge in [0.2, 0.25) is 0 Å². The van der Waals surface area contributed by atoms with Gasteiger partial charge in [-0.05, 0) is 85.8 Å². The summed E-state index contributed by atoms with van der Waals surface area (Å²) in [5.74, 6) is -1.90. The van der Waals surface area contributed by atoms with Crippen molar-refractivity contribution in [2.75, 3.05) is 6.61 Å². The number of hydrogen-bond donors (Lipinski definition) is 1. The lowest BCUT2D eigenvalue weighted by atomic mass is 9.71. The van der Waals surface area contributed by atoms with Gasteiger partial charge in [0, 0.05) is 18.1 Å². The Labute approximate surface area is 187 Å². The first kappa shape index (κ1) is 22.7. The molecule has 1 saturated carbocycles. The second-order valence-electron chi connectivity index (χ2n) is 8.77. The van der Waals surface area contributed by atoms with Gasteiger partial charge in [-0.15, -0.1) is 0 Å². The van der Waals surface area contributed by atoms with E-state index in [1.165, 1.54) is 12.1 Å². The Kier molecular flexibility index (Phi) is 7.04. The monoisotopic (exact) mass is 442 g/mol. The highest BCUT2D eigenvalue weighted by atomic mass is 19.2. The van der Waals surface area contributed by atoms with Crippen LogP contribution in [0.25, 0.3) is 5.57 Å². The molecule has 1 unspecified atom stereocenters. The third kappa shape index (κ3) is 4.78. The lowest BCUT2D eigenvalue weighted by Gasteiger charge is -2.34. The van der Waals surface area contributed by atoms with Gasteiger partial charge in [-0.25, -0.2) is 13.2 Å². The molecule has 170 valence electrons. The summed E-state index contributed by atoms with van der Waals surface area (Å²) in [6, 6.07) is 11.4. The molecule has 0 amide bonds. The fraction of sp³-hybridized carbons (Fsp3) is 0.407. The Bertz CT molecular complexity index is 1000. The Hall–Kier alpha value is -2.53. The number of allylic oxidation sites excluding steroid dienone is 4. The van der Waals surface area contributed by atoms with Gasteiger partial charge in [0.25, 0.3) is 0 Å².